The third-order valence-corrected chi connectivity index (χ3v) is 3.48. The first kappa shape index (κ1) is 15.2. The molecule has 1 aliphatic heterocycles. The fraction of sp³-hybridized carbons (Fsp3) is 0.312. The molecule has 6 heteroatoms. The van der Waals surface area contributed by atoms with Crippen molar-refractivity contribution in [2.75, 3.05) is 30.4 Å². The number of nitrogens with one attached hydrogen (secondary N) is 1. The van der Waals surface area contributed by atoms with Gasteiger partial charge in [0.2, 0.25) is 0 Å². The molecule has 110 valence electrons. The van der Waals surface area contributed by atoms with E-state index in [-0.39, 0.29) is 11.3 Å². The summed E-state index contributed by atoms with van der Waals surface area (Å²) in [5.41, 5.74) is 1.29. The highest BCUT2D eigenvalue weighted by molar-refractivity contribution is 5.68. The van der Waals surface area contributed by atoms with E-state index < -0.39 is 0 Å². The van der Waals surface area contributed by atoms with Gasteiger partial charge < -0.3 is 15.0 Å². The molecule has 0 unspecified atom stereocenters. The van der Waals surface area contributed by atoms with Gasteiger partial charge in [0, 0.05) is 24.8 Å². The lowest BCUT2D eigenvalue weighted by Crippen LogP contribution is -2.18. The summed E-state index contributed by atoms with van der Waals surface area (Å²) in [7, 11) is 1.59. The van der Waals surface area contributed by atoms with Crippen LogP contribution < -0.4 is 15.0 Å². The second kappa shape index (κ2) is 7.02. The van der Waals surface area contributed by atoms with Gasteiger partial charge in [0.15, 0.2) is 5.57 Å². The molecule has 1 heterocycles. The minimum absolute atomic E-state index is 0.0685. The third-order valence-electron chi connectivity index (χ3n) is 3.48. The van der Waals surface area contributed by atoms with Crippen molar-refractivity contribution in [3.8, 4) is 24.0 Å². The van der Waals surface area contributed by atoms with E-state index in [4.69, 9.17) is 20.5 Å². The van der Waals surface area contributed by atoms with Crippen LogP contribution in [0.15, 0.2) is 29.5 Å². The molecule has 1 saturated heterocycles. The number of allylic oxidation sites excluding steroid dienone is 2. The first-order chi connectivity index (χ1) is 10.7. The number of methoxy groups -OCH3 is 1. The number of ether oxygens (including phenoxy) is 1. The van der Waals surface area contributed by atoms with Crippen LogP contribution in [0, 0.1) is 34.0 Å². The molecule has 22 heavy (non-hydrogen) atoms. The molecule has 1 aromatic rings. The van der Waals surface area contributed by atoms with Crippen LogP contribution in [0.4, 0.5) is 11.4 Å². The second-order valence-electron chi connectivity index (χ2n) is 4.79. The van der Waals surface area contributed by atoms with E-state index in [0.29, 0.717) is 11.4 Å². The topological polar surface area (TPSA) is 95.9 Å². The fourth-order valence-corrected chi connectivity index (χ4v) is 2.40. The minimum atomic E-state index is -0.245. The van der Waals surface area contributed by atoms with Gasteiger partial charge in [-0.3, -0.25) is 0 Å². The summed E-state index contributed by atoms with van der Waals surface area (Å²) in [4.78, 5) is 2.25. The lowest BCUT2D eigenvalue weighted by atomic mass is 10.2. The smallest absolute Gasteiger partial charge is 0.163 e. The second-order valence-corrected chi connectivity index (χ2v) is 4.79. The zero-order valence-electron chi connectivity index (χ0n) is 12.3. The van der Waals surface area contributed by atoms with Crippen LogP contribution >= 0.6 is 0 Å². The number of nitriles is 3. The maximum absolute atomic E-state index is 9.06. The molecule has 0 aromatic heterocycles. The molecule has 1 aromatic carbocycles. The Morgan fingerprint density at radius 2 is 1.82 bits per heavy atom. The highest BCUT2D eigenvalue weighted by atomic mass is 16.5. The molecule has 1 N–H and O–H groups in total. The van der Waals surface area contributed by atoms with Gasteiger partial charge in [-0.2, -0.15) is 15.8 Å². The van der Waals surface area contributed by atoms with Crippen molar-refractivity contribution >= 4 is 11.4 Å². The number of rotatable bonds is 4. The van der Waals surface area contributed by atoms with Gasteiger partial charge in [-0.05, 0) is 25.0 Å². The molecule has 0 bridgehead atoms. The van der Waals surface area contributed by atoms with E-state index in [9.17, 15) is 0 Å². The summed E-state index contributed by atoms with van der Waals surface area (Å²) in [5, 5.41) is 29.5. The van der Waals surface area contributed by atoms with Crippen molar-refractivity contribution in [2.45, 2.75) is 12.8 Å². The Morgan fingerprint density at radius 1 is 1.14 bits per heavy atom. The molecule has 2 rings (SSSR count). The van der Waals surface area contributed by atoms with Gasteiger partial charge in [-0.25, -0.2) is 0 Å². The molecule has 0 aliphatic carbocycles. The summed E-state index contributed by atoms with van der Waals surface area (Å²) >= 11 is 0. The Hall–Kier alpha value is -3.17. The Morgan fingerprint density at radius 3 is 2.36 bits per heavy atom. The van der Waals surface area contributed by atoms with E-state index in [0.717, 1.165) is 31.6 Å². The number of hydrogen-bond donors (Lipinski definition) is 1. The van der Waals surface area contributed by atoms with Crippen LogP contribution in [0.1, 0.15) is 12.8 Å². The molecule has 0 spiro atoms. The van der Waals surface area contributed by atoms with E-state index in [1.807, 2.05) is 12.1 Å². The highest BCUT2D eigenvalue weighted by Crippen LogP contribution is 2.33. The van der Waals surface area contributed by atoms with Gasteiger partial charge in [0.05, 0.1) is 12.8 Å². The summed E-state index contributed by atoms with van der Waals surface area (Å²) in [6.07, 6.45) is 2.33. The maximum atomic E-state index is 9.06. The molecular weight excluding hydrogens is 278 g/mol. The molecule has 6 nitrogen and oxygen atoms in total. The van der Waals surface area contributed by atoms with Crippen LogP contribution in [0.3, 0.4) is 0 Å². The van der Waals surface area contributed by atoms with Crippen molar-refractivity contribution in [1.82, 2.24) is 0 Å². The minimum Gasteiger partial charge on any atom is -0.495 e. The Bertz CT molecular complexity index is 696. The SMILES string of the molecule is COc1cc(NC(C#N)=C(C#N)C#N)ccc1N1CCCC1. The number of anilines is 2. The van der Waals surface area contributed by atoms with Crippen LogP contribution in [0.25, 0.3) is 0 Å². The molecule has 0 amide bonds. The number of benzene rings is 1. The first-order valence-corrected chi connectivity index (χ1v) is 6.88. The van der Waals surface area contributed by atoms with E-state index in [1.54, 1.807) is 31.4 Å². The predicted octanol–water partition coefficient (Wildman–Crippen LogP) is 2.53. The molecule has 0 atom stereocenters. The maximum Gasteiger partial charge on any atom is 0.163 e. The normalized spacial score (nSPS) is 12.7. The number of hydrogen-bond acceptors (Lipinski definition) is 6. The Kier molecular flexibility index (Phi) is 4.85. The van der Waals surface area contributed by atoms with Crippen molar-refractivity contribution in [1.29, 1.82) is 15.8 Å². The molecule has 1 aliphatic rings. The van der Waals surface area contributed by atoms with Crippen LogP contribution in [0.2, 0.25) is 0 Å². The number of nitrogens with zero attached hydrogens (tertiary/aromatic N) is 4. The molecule has 0 saturated carbocycles. The fourth-order valence-electron chi connectivity index (χ4n) is 2.40. The molecule has 1 fully saturated rings. The zero-order chi connectivity index (χ0) is 15.9. The summed E-state index contributed by atoms with van der Waals surface area (Å²) in [6.45, 7) is 2.00. The largest absolute Gasteiger partial charge is 0.495 e. The Balaban J connectivity index is 2.31. The van der Waals surface area contributed by atoms with Crippen molar-refractivity contribution < 1.29 is 4.74 Å². The van der Waals surface area contributed by atoms with Crippen molar-refractivity contribution in [2.24, 2.45) is 0 Å². The summed E-state index contributed by atoms with van der Waals surface area (Å²) in [6, 6.07) is 10.7. The van der Waals surface area contributed by atoms with Crippen molar-refractivity contribution in [3.63, 3.8) is 0 Å². The van der Waals surface area contributed by atoms with E-state index >= 15 is 0 Å². The summed E-state index contributed by atoms with van der Waals surface area (Å²) in [5.74, 6) is 0.694. The molecule has 0 radical (unpaired) electrons. The van der Waals surface area contributed by atoms with Crippen molar-refractivity contribution in [3.05, 3.63) is 29.5 Å². The monoisotopic (exact) mass is 293 g/mol. The molecular formula is C16H15N5O. The van der Waals surface area contributed by atoms with Gasteiger partial charge in [-0.15, -0.1) is 0 Å². The van der Waals surface area contributed by atoms with Crippen LogP contribution in [-0.2, 0) is 0 Å². The lowest BCUT2D eigenvalue weighted by molar-refractivity contribution is 0.415. The predicted molar refractivity (Wildman–Crippen MR) is 81.9 cm³/mol. The van der Waals surface area contributed by atoms with Gasteiger partial charge in [0.1, 0.15) is 29.7 Å². The quantitative estimate of drug-likeness (QED) is 0.857. The van der Waals surface area contributed by atoms with E-state index in [2.05, 4.69) is 10.2 Å². The van der Waals surface area contributed by atoms with Crippen LogP contribution in [-0.4, -0.2) is 20.2 Å². The summed E-state index contributed by atoms with van der Waals surface area (Å²) < 4.78 is 5.42. The van der Waals surface area contributed by atoms with E-state index in [1.165, 1.54) is 0 Å². The van der Waals surface area contributed by atoms with Gasteiger partial charge in [0.25, 0.3) is 0 Å². The first-order valence-electron chi connectivity index (χ1n) is 6.88. The Labute approximate surface area is 129 Å². The standard InChI is InChI=1S/C16H15N5O/c1-22-16-8-13(20-14(11-19)12(9-17)10-18)4-5-15(16)21-6-2-3-7-21/h4-5,8,20H,2-3,6-7H2,1H3. The third kappa shape index (κ3) is 3.11. The highest BCUT2D eigenvalue weighted by Gasteiger charge is 2.17. The average molecular weight is 293 g/mol. The zero-order valence-corrected chi connectivity index (χ0v) is 12.3. The average Bonchev–Trinajstić information content (AvgIpc) is 3.09. The van der Waals surface area contributed by atoms with Crippen LogP contribution in [0.5, 0.6) is 5.75 Å². The lowest BCUT2D eigenvalue weighted by Gasteiger charge is -2.21. The van der Waals surface area contributed by atoms with Gasteiger partial charge >= 0.3 is 0 Å². The van der Waals surface area contributed by atoms with Gasteiger partial charge in [-0.1, -0.05) is 0 Å².